The van der Waals surface area contributed by atoms with Gasteiger partial charge < -0.3 is 14.9 Å². The van der Waals surface area contributed by atoms with E-state index in [1.54, 1.807) is 0 Å². The molecule has 4 atom stereocenters. The van der Waals surface area contributed by atoms with Crippen molar-refractivity contribution in [2.45, 2.75) is 135 Å². The molecule has 0 aromatic carbocycles. The average molecular weight is 489 g/mol. The molecule has 0 unspecified atom stereocenters. The summed E-state index contributed by atoms with van der Waals surface area (Å²) >= 11 is 0. The van der Waals surface area contributed by atoms with Gasteiger partial charge in [-0.3, -0.25) is 9.59 Å². The zero-order chi connectivity index (χ0) is 25.6. The average Bonchev–Trinajstić information content (AvgIpc) is 3.02. The van der Waals surface area contributed by atoms with E-state index in [1.165, 1.54) is 6.08 Å². The van der Waals surface area contributed by atoms with E-state index in [-0.39, 0.29) is 36.6 Å². The summed E-state index contributed by atoms with van der Waals surface area (Å²) in [5.41, 5.74) is 0. The normalized spacial score (nSPS) is 22.1. The first-order chi connectivity index (χ1) is 16.1. The molecule has 0 heterocycles. The summed E-state index contributed by atoms with van der Waals surface area (Å²) in [6.45, 7) is 5.67. The molecule has 1 aliphatic carbocycles. The molecule has 0 bridgehead atoms. The molecule has 0 spiro atoms. The van der Waals surface area contributed by atoms with E-state index >= 15 is 0 Å². The second-order valence-corrected chi connectivity index (χ2v) is 10.0. The molecule has 0 aliphatic heterocycles. The highest BCUT2D eigenvalue weighted by molar-refractivity contribution is 5.84. The topological polar surface area (TPSA) is 83.8 Å². The van der Waals surface area contributed by atoms with Gasteiger partial charge in [-0.1, -0.05) is 70.4 Å². The van der Waals surface area contributed by atoms with Crippen molar-refractivity contribution in [2.75, 3.05) is 0 Å². The highest BCUT2D eigenvalue weighted by Crippen LogP contribution is 2.35. The van der Waals surface area contributed by atoms with Gasteiger partial charge in [0.25, 0.3) is 5.92 Å². The van der Waals surface area contributed by atoms with E-state index in [9.17, 15) is 28.6 Å². The first-order valence-corrected chi connectivity index (χ1v) is 13.2. The SMILES string of the molecule is CCCCCCC(F)(F)[C@H](O)/C=C/[C@H]1[C@H](O)CC(=O)[C@@H]1CCCCCCCCC(=O)OC(C)C. The van der Waals surface area contributed by atoms with Gasteiger partial charge in [0.1, 0.15) is 11.9 Å². The van der Waals surface area contributed by atoms with Gasteiger partial charge in [0.05, 0.1) is 12.2 Å². The maximum Gasteiger partial charge on any atom is 0.306 e. The molecular formula is C27H46F2O5. The number of carbonyl (C=O) groups is 2. The predicted octanol–water partition coefficient (Wildman–Crippen LogP) is 6.15. The van der Waals surface area contributed by atoms with E-state index in [1.807, 2.05) is 20.8 Å². The van der Waals surface area contributed by atoms with E-state index < -0.39 is 24.0 Å². The minimum absolute atomic E-state index is 0.0355. The van der Waals surface area contributed by atoms with Crippen molar-refractivity contribution in [3.8, 4) is 0 Å². The van der Waals surface area contributed by atoms with Crippen LogP contribution >= 0.6 is 0 Å². The standard InChI is InChI=1S/C27H46F2O5/c1-4-5-6-13-18-27(28,29)25(32)17-16-22-21(23(30)19-24(22)31)14-11-9-7-8-10-12-15-26(33)34-20(2)3/h16-17,20-22,24-25,31-32H,4-15,18-19H2,1-3H3/b17-16+/t21-,22-,24-,25-/m1/s1. The summed E-state index contributed by atoms with van der Waals surface area (Å²) < 4.78 is 33.5. The van der Waals surface area contributed by atoms with Gasteiger partial charge in [-0.2, -0.15) is 0 Å². The molecule has 198 valence electrons. The molecule has 1 saturated carbocycles. The molecule has 34 heavy (non-hydrogen) atoms. The van der Waals surface area contributed by atoms with Gasteiger partial charge in [-0.25, -0.2) is 8.78 Å². The summed E-state index contributed by atoms with van der Waals surface area (Å²) in [4.78, 5) is 23.8. The minimum atomic E-state index is -3.21. The van der Waals surface area contributed by atoms with Crippen molar-refractivity contribution in [2.24, 2.45) is 11.8 Å². The number of ether oxygens (including phenoxy) is 1. The van der Waals surface area contributed by atoms with Crippen LogP contribution in [0, 0.1) is 11.8 Å². The monoisotopic (exact) mass is 488 g/mol. The van der Waals surface area contributed by atoms with Gasteiger partial charge >= 0.3 is 5.97 Å². The zero-order valence-electron chi connectivity index (χ0n) is 21.3. The molecule has 1 aliphatic rings. The third-order valence-corrected chi connectivity index (χ3v) is 6.56. The second-order valence-electron chi connectivity index (χ2n) is 10.0. The van der Waals surface area contributed by atoms with Gasteiger partial charge in [0.2, 0.25) is 0 Å². The van der Waals surface area contributed by atoms with Crippen LogP contribution in [0.15, 0.2) is 12.2 Å². The van der Waals surface area contributed by atoms with E-state index in [2.05, 4.69) is 0 Å². The predicted molar refractivity (Wildman–Crippen MR) is 130 cm³/mol. The summed E-state index contributed by atoms with van der Waals surface area (Å²) in [5, 5.41) is 20.3. The zero-order valence-corrected chi connectivity index (χ0v) is 21.3. The van der Waals surface area contributed by atoms with Crippen LogP contribution in [0.5, 0.6) is 0 Å². The van der Waals surface area contributed by atoms with Crippen LogP contribution < -0.4 is 0 Å². The maximum atomic E-state index is 14.2. The van der Waals surface area contributed by atoms with Crippen LogP contribution in [0.1, 0.15) is 111 Å². The fraction of sp³-hybridized carbons (Fsp3) is 0.852. The fourth-order valence-electron chi connectivity index (χ4n) is 4.56. The molecule has 5 nitrogen and oxygen atoms in total. The van der Waals surface area contributed by atoms with Crippen LogP contribution in [0.25, 0.3) is 0 Å². The quantitative estimate of drug-likeness (QED) is 0.137. The number of alkyl halides is 2. The van der Waals surface area contributed by atoms with Crippen LogP contribution in [0.4, 0.5) is 8.78 Å². The second kappa shape index (κ2) is 16.4. The molecule has 7 heteroatoms. The van der Waals surface area contributed by atoms with Crippen LogP contribution in [-0.2, 0) is 14.3 Å². The fourth-order valence-corrected chi connectivity index (χ4v) is 4.56. The Kier molecular flexibility index (Phi) is 14.8. The lowest BCUT2D eigenvalue weighted by Gasteiger charge is -2.22. The van der Waals surface area contributed by atoms with E-state index in [4.69, 9.17) is 4.74 Å². The maximum absolute atomic E-state index is 14.2. The highest BCUT2D eigenvalue weighted by atomic mass is 19.3. The van der Waals surface area contributed by atoms with Crippen molar-refractivity contribution in [1.82, 2.24) is 0 Å². The Morgan fingerprint density at radius 3 is 2.35 bits per heavy atom. The molecule has 1 rings (SSSR count). The Morgan fingerprint density at radius 1 is 1.09 bits per heavy atom. The summed E-state index contributed by atoms with van der Waals surface area (Å²) in [5.74, 6) is -4.32. The first-order valence-electron chi connectivity index (χ1n) is 13.2. The van der Waals surface area contributed by atoms with Crippen molar-refractivity contribution in [1.29, 1.82) is 0 Å². The lowest BCUT2D eigenvalue weighted by molar-refractivity contribution is -0.147. The summed E-state index contributed by atoms with van der Waals surface area (Å²) in [6.07, 6.45) is 8.76. The number of halogens is 2. The molecule has 2 N–H and O–H groups in total. The number of esters is 1. The molecule has 0 aromatic rings. The Hall–Kier alpha value is -1.34. The lowest BCUT2D eigenvalue weighted by atomic mass is 9.88. The largest absolute Gasteiger partial charge is 0.463 e. The molecule has 0 aromatic heterocycles. The van der Waals surface area contributed by atoms with Crippen molar-refractivity contribution < 1.29 is 33.3 Å². The van der Waals surface area contributed by atoms with Crippen molar-refractivity contribution in [3.05, 3.63) is 12.2 Å². The van der Waals surface area contributed by atoms with Crippen LogP contribution in [0.3, 0.4) is 0 Å². The van der Waals surface area contributed by atoms with Crippen LogP contribution in [0.2, 0.25) is 0 Å². The van der Waals surface area contributed by atoms with Crippen molar-refractivity contribution in [3.63, 3.8) is 0 Å². The van der Waals surface area contributed by atoms with Gasteiger partial charge in [-0.05, 0) is 33.1 Å². The van der Waals surface area contributed by atoms with Gasteiger partial charge in [0, 0.05) is 31.1 Å². The third kappa shape index (κ3) is 11.9. The van der Waals surface area contributed by atoms with Crippen molar-refractivity contribution >= 4 is 11.8 Å². The minimum Gasteiger partial charge on any atom is -0.463 e. The Labute approximate surface area is 204 Å². The summed E-state index contributed by atoms with van der Waals surface area (Å²) in [6, 6.07) is 0. The number of rotatable bonds is 18. The molecule has 1 fully saturated rings. The third-order valence-electron chi connectivity index (χ3n) is 6.56. The molecule has 0 radical (unpaired) electrons. The Bertz CT molecular complexity index is 620. The molecule has 0 amide bonds. The number of hydrogen-bond donors (Lipinski definition) is 2. The first kappa shape index (κ1) is 30.7. The van der Waals surface area contributed by atoms with Gasteiger partial charge in [-0.15, -0.1) is 0 Å². The lowest BCUT2D eigenvalue weighted by Crippen LogP contribution is -2.32. The molecule has 0 saturated heterocycles. The number of aliphatic hydroxyl groups excluding tert-OH is 2. The number of Topliss-reactive ketones (excluding diaryl/α,β-unsaturated/α-hetero) is 1. The van der Waals surface area contributed by atoms with Gasteiger partial charge in [0.15, 0.2) is 0 Å². The Balaban J connectivity index is 2.37. The Morgan fingerprint density at radius 2 is 1.71 bits per heavy atom. The number of carbonyl (C=O) groups excluding carboxylic acids is 2. The highest BCUT2D eigenvalue weighted by Gasteiger charge is 2.41. The van der Waals surface area contributed by atoms with Crippen LogP contribution in [-0.4, -0.2) is 46.2 Å². The van der Waals surface area contributed by atoms with E-state index in [0.717, 1.165) is 57.4 Å². The number of hydrogen-bond acceptors (Lipinski definition) is 5. The smallest absolute Gasteiger partial charge is 0.306 e. The number of unbranched alkanes of at least 4 members (excludes halogenated alkanes) is 8. The number of ketones is 1. The van der Waals surface area contributed by atoms with E-state index in [0.29, 0.717) is 25.7 Å². The molecular weight excluding hydrogens is 442 g/mol. The summed E-state index contributed by atoms with van der Waals surface area (Å²) in [7, 11) is 0. The number of aliphatic hydroxyl groups is 2.